The summed E-state index contributed by atoms with van der Waals surface area (Å²) >= 11 is 0. The smallest absolute Gasteiger partial charge is 0.0501 e. The fourth-order valence-electron chi connectivity index (χ4n) is 5.07. The first-order valence-corrected chi connectivity index (χ1v) is 11.1. The van der Waals surface area contributed by atoms with Crippen LogP contribution in [-0.4, -0.2) is 0 Å². The first-order chi connectivity index (χ1) is 14.8. The van der Waals surface area contributed by atoms with Crippen molar-refractivity contribution in [1.29, 1.82) is 0 Å². The Kier molecular flexibility index (Phi) is 5.35. The molecule has 3 aromatic rings. The molecule has 0 spiro atoms. The van der Waals surface area contributed by atoms with Gasteiger partial charge in [0.25, 0.3) is 0 Å². The van der Waals surface area contributed by atoms with Crippen molar-refractivity contribution in [3.8, 4) is 11.1 Å². The number of fused-ring (bicyclic) bond motifs is 3. The van der Waals surface area contributed by atoms with E-state index in [-0.39, 0.29) is 10.8 Å². The molecular weight excluding hydrogens is 372 g/mol. The van der Waals surface area contributed by atoms with Crippen LogP contribution in [0.25, 0.3) is 11.1 Å². The van der Waals surface area contributed by atoms with Crippen molar-refractivity contribution in [2.75, 3.05) is 0 Å². The fraction of sp³-hybridized carbons (Fsp3) is 0.226. The quantitative estimate of drug-likeness (QED) is 0.286. The Morgan fingerprint density at radius 3 is 2.26 bits per heavy atom. The zero-order valence-corrected chi connectivity index (χ0v) is 19.2. The fourth-order valence-corrected chi connectivity index (χ4v) is 5.07. The lowest BCUT2D eigenvalue weighted by Gasteiger charge is -2.38. The third-order valence-electron chi connectivity index (χ3n) is 7.14. The lowest BCUT2D eigenvalue weighted by molar-refractivity contribution is 0.574. The van der Waals surface area contributed by atoms with E-state index < -0.39 is 0 Å². The van der Waals surface area contributed by atoms with Gasteiger partial charge in [0.2, 0.25) is 0 Å². The van der Waals surface area contributed by atoms with Gasteiger partial charge in [-0.2, -0.15) is 0 Å². The summed E-state index contributed by atoms with van der Waals surface area (Å²) in [4.78, 5) is 0. The minimum absolute atomic E-state index is 0.132. The van der Waals surface area contributed by atoms with Crippen LogP contribution in [0.5, 0.6) is 0 Å². The van der Waals surface area contributed by atoms with Gasteiger partial charge in [0.15, 0.2) is 0 Å². The molecule has 0 heteroatoms. The van der Waals surface area contributed by atoms with E-state index in [9.17, 15) is 0 Å². The molecule has 1 aliphatic carbocycles. The molecule has 0 nitrogen and oxygen atoms in total. The van der Waals surface area contributed by atoms with Gasteiger partial charge >= 0.3 is 0 Å². The Morgan fingerprint density at radius 2 is 1.55 bits per heavy atom. The third kappa shape index (κ3) is 3.22. The van der Waals surface area contributed by atoms with Crippen LogP contribution in [0.3, 0.4) is 0 Å². The van der Waals surface area contributed by atoms with E-state index in [2.05, 4.69) is 120 Å². The molecule has 156 valence electrons. The van der Waals surface area contributed by atoms with E-state index in [1.807, 2.05) is 6.08 Å². The standard InChI is InChI=1S/C31H32/c1-7-8-13-20-31(28-17-12-11-16-27(28)30(5,6)22(2)3)26-15-10-9-14-24(26)25-19-18-23(4)21-29(25)31/h7-19,21H,1-2,20H2,3-6H3/b13-8-. The second-order valence-electron chi connectivity index (χ2n) is 9.32. The van der Waals surface area contributed by atoms with Crippen molar-refractivity contribution in [1.82, 2.24) is 0 Å². The monoisotopic (exact) mass is 404 g/mol. The molecular formula is C31H32. The molecule has 1 atom stereocenters. The molecule has 0 N–H and O–H groups in total. The van der Waals surface area contributed by atoms with Crippen LogP contribution in [-0.2, 0) is 10.8 Å². The lowest BCUT2D eigenvalue weighted by atomic mass is 9.64. The maximum Gasteiger partial charge on any atom is 0.0501 e. The second-order valence-corrected chi connectivity index (χ2v) is 9.32. The van der Waals surface area contributed by atoms with E-state index >= 15 is 0 Å². The molecule has 0 amide bonds. The first-order valence-electron chi connectivity index (χ1n) is 11.1. The van der Waals surface area contributed by atoms with Gasteiger partial charge in [-0.3, -0.25) is 0 Å². The van der Waals surface area contributed by atoms with Gasteiger partial charge in [-0.05, 0) is 53.6 Å². The summed E-state index contributed by atoms with van der Waals surface area (Å²) in [5.41, 5.74) is 10.3. The molecule has 0 saturated heterocycles. The van der Waals surface area contributed by atoms with E-state index in [0.29, 0.717) is 0 Å². The predicted octanol–water partition coefficient (Wildman–Crippen LogP) is 8.30. The van der Waals surface area contributed by atoms with Gasteiger partial charge in [-0.1, -0.05) is 123 Å². The van der Waals surface area contributed by atoms with Gasteiger partial charge in [0.1, 0.15) is 0 Å². The molecule has 0 heterocycles. The van der Waals surface area contributed by atoms with Crippen LogP contribution in [0.2, 0.25) is 0 Å². The summed E-state index contributed by atoms with van der Waals surface area (Å²) < 4.78 is 0. The number of allylic oxidation sites excluding steroid dienone is 4. The van der Waals surface area contributed by atoms with Gasteiger partial charge in [0, 0.05) is 5.41 Å². The van der Waals surface area contributed by atoms with Crippen molar-refractivity contribution in [3.05, 3.63) is 132 Å². The molecule has 31 heavy (non-hydrogen) atoms. The van der Waals surface area contributed by atoms with Gasteiger partial charge in [-0.25, -0.2) is 0 Å². The summed E-state index contributed by atoms with van der Waals surface area (Å²) in [5.74, 6) is 0. The number of benzene rings is 3. The number of hydrogen-bond acceptors (Lipinski definition) is 0. The van der Waals surface area contributed by atoms with E-state index in [1.54, 1.807) is 0 Å². The van der Waals surface area contributed by atoms with Crippen molar-refractivity contribution < 1.29 is 0 Å². The second kappa shape index (κ2) is 7.85. The highest BCUT2D eigenvalue weighted by atomic mass is 14.5. The maximum absolute atomic E-state index is 4.34. The van der Waals surface area contributed by atoms with Crippen LogP contribution in [0, 0.1) is 6.92 Å². The maximum atomic E-state index is 4.34. The molecule has 0 aliphatic heterocycles. The summed E-state index contributed by atoms with van der Waals surface area (Å²) in [6.07, 6.45) is 7.10. The Bertz CT molecular complexity index is 1190. The van der Waals surface area contributed by atoms with Crippen molar-refractivity contribution in [3.63, 3.8) is 0 Å². The molecule has 1 aliphatic rings. The van der Waals surface area contributed by atoms with Crippen LogP contribution in [0.1, 0.15) is 55.0 Å². The molecule has 3 aromatic carbocycles. The highest BCUT2D eigenvalue weighted by Crippen LogP contribution is 2.56. The van der Waals surface area contributed by atoms with Crippen LogP contribution in [0.4, 0.5) is 0 Å². The highest BCUT2D eigenvalue weighted by Gasteiger charge is 2.46. The molecule has 0 bridgehead atoms. The number of rotatable bonds is 6. The SMILES string of the molecule is C=C/C=C\CC1(c2ccccc2C(C)(C)C(=C)C)c2ccccc2-c2ccc(C)cc21. The molecule has 0 aromatic heterocycles. The van der Waals surface area contributed by atoms with Crippen molar-refractivity contribution >= 4 is 0 Å². The lowest BCUT2D eigenvalue weighted by Crippen LogP contribution is -2.32. The third-order valence-corrected chi connectivity index (χ3v) is 7.14. The Morgan fingerprint density at radius 1 is 0.903 bits per heavy atom. The van der Waals surface area contributed by atoms with E-state index in [4.69, 9.17) is 0 Å². The molecule has 0 radical (unpaired) electrons. The molecule has 0 fully saturated rings. The normalized spacial score (nSPS) is 17.4. The Hall–Kier alpha value is -3.12. The van der Waals surface area contributed by atoms with E-state index in [0.717, 1.165) is 6.42 Å². The summed E-state index contributed by atoms with van der Waals surface area (Å²) in [6, 6.07) is 24.8. The van der Waals surface area contributed by atoms with Crippen molar-refractivity contribution in [2.24, 2.45) is 0 Å². The average Bonchev–Trinajstić information content (AvgIpc) is 3.04. The summed E-state index contributed by atoms with van der Waals surface area (Å²) in [7, 11) is 0. The predicted molar refractivity (Wildman–Crippen MR) is 135 cm³/mol. The van der Waals surface area contributed by atoms with Crippen molar-refractivity contribution in [2.45, 2.75) is 44.9 Å². The Balaban J connectivity index is 2.14. The molecule has 1 unspecified atom stereocenters. The average molecular weight is 405 g/mol. The topological polar surface area (TPSA) is 0 Å². The zero-order valence-electron chi connectivity index (χ0n) is 19.2. The van der Waals surface area contributed by atoms with E-state index in [1.165, 1.54) is 44.5 Å². The minimum Gasteiger partial charge on any atom is -0.0993 e. The van der Waals surface area contributed by atoms with Crippen LogP contribution in [0.15, 0.2) is 104 Å². The molecule has 4 rings (SSSR count). The van der Waals surface area contributed by atoms with Crippen LogP contribution >= 0.6 is 0 Å². The largest absolute Gasteiger partial charge is 0.0993 e. The highest BCUT2D eigenvalue weighted by molar-refractivity contribution is 5.84. The summed E-state index contributed by atoms with van der Waals surface area (Å²) in [6.45, 7) is 17.2. The Labute approximate surface area is 187 Å². The van der Waals surface area contributed by atoms with Gasteiger partial charge < -0.3 is 0 Å². The minimum atomic E-state index is -0.249. The molecule has 0 saturated carbocycles. The number of aryl methyl sites for hydroxylation is 1. The van der Waals surface area contributed by atoms with Crippen LogP contribution < -0.4 is 0 Å². The van der Waals surface area contributed by atoms with Gasteiger partial charge in [0.05, 0.1) is 5.41 Å². The first kappa shape index (κ1) is 21.1. The van der Waals surface area contributed by atoms with Gasteiger partial charge in [-0.15, -0.1) is 0 Å². The zero-order chi connectivity index (χ0) is 22.2. The number of hydrogen-bond donors (Lipinski definition) is 0. The summed E-state index contributed by atoms with van der Waals surface area (Å²) in [5, 5.41) is 0.